The van der Waals surface area contributed by atoms with E-state index in [-0.39, 0.29) is 12.0 Å². The molecule has 166 valence electrons. The number of carbonyl (C=O) groups is 1. The number of benzene rings is 2. The van der Waals surface area contributed by atoms with Crippen molar-refractivity contribution in [2.45, 2.75) is 25.5 Å². The van der Waals surface area contributed by atoms with E-state index in [0.29, 0.717) is 18.7 Å². The zero-order valence-corrected chi connectivity index (χ0v) is 18.6. The molecule has 1 saturated heterocycles. The van der Waals surface area contributed by atoms with Gasteiger partial charge in [-0.2, -0.15) is 0 Å². The number of nitrogens with zero attached hydrogens (tertiary/aromatic N) is 3. The molecule has 6 nitrogen and oxygen atoms in total. The number of hydrogen-bond acceptors (Lipinski definition) is 5. The second-order valence-electron chi connectivity index (χ2n) is 7.93. The standard InChI is InChI=1S/C26H29N3O3/c1-28(22-10-4-3-5-11-22)25-15-14-20(17-27-25)26(30)29(19-23-12-8-16-32-23)18-21-9-6-7-13-24(21)31-2/h3-7,9-11,13-15,17,23H,8,12,16,18-19H2,1-2H3. The van der Waals surface area contributed by atoms with E-state index in [2.05, 4.69) is 4.98 Å². The minimum absolute atomic E-state index is 0.0603. The van der Waals surface area contributed by atoms with Crippen molar-refractivity contribution in [1.82, 2.24) is 9.88 Å². The van der Waals surface area contributed by atoms with Crippen LogP contribution < -0.4 is 9.64 Å². The third kappa shape index (κ3) is 5.08. The Labute approximate surface area is 189 Å². The van der Waals surface area contributed by atoms with Gasteiger partial charge in [-0.25, -0.2) is 4.98 Å². The lowest BCUT2D eigenvalue weighted by Gasteiger charge is -2.26. The maximum Gasteiger partial charge on any atom is 0.255 e. The van der Waals surface area contributed by atoms with Crippen LogP contribution in [0, 0.1) is 0 Å². The molecule has 1 aliphatic rings. The molecule has 0 bridgehead atoms. The van der Waals surface area contributed by atoms with E-state index < -0.39 is 0 Å². The largest absolute Gasteiger partial charge is 0.496 e. The lowest BCUT2D eigenvalue weighted by Crippen LogP contribution is -2.37. The van der Waals surface area contributed by atoms with Crippen molar-refractivity contribution in [3.05, 3.63) is 84.1 Å². The van der Waals surface area contributed by atoms with E-state index in [1.807, 2.05) is 83.6 Å². The molecule has 2 heterocycles. The summed E-state index contributed by atoms with van der Waals surface area (Å²) < 4.78 is 11.3. The van der Waals surface area contributed by atoms with Crippen LogP contribution in [0.3, 0.4) is 0 Å². The Balaban J connectivity index is 1.54. The van der Waals surface area contributed by atoms with Gasteiger partial charge in [0, 0.05) is 44.2 Å². The molecule has 1 fully saturated rings. The van der Waals surface area contributed by atoms with Crippen LogP contribution in [-0.2, 0) is 11.3 Å². The molecule has 1 atom stereocenters. The van der Waals surface area contributed by atoms with Gasteiger partial charge < -0.3 is 19.3 Å². The van der Waals surface area contributed by atoms with Crippen molar-refractivity contribution < 1.29 is 14.3 Å². The fourth-order valence-corrected chi connectivity index (χ4v) is 3.97. The van der Waals surface area contributed by atoms with Crippen molar-refractivity contribution >= 4 is 17.4 Å². The number of rotatable bonds is 8. The summed E-state index contributed by atoms with van der Waals surface area (Å²) in [5.41, 5.74) is 2.56. The number of amides is 1. The molecule has 1 unspecified atom stereocenters. The van der Waals surface area contributed by atoms with Crippen LogP contribution in [-0.4, -0.2) is 49.2 Å². The van der Waals surface area contributed by atoms with Crippen molar-refractivity contribution in [3.8, 4) is 5.75 Å². The fraction of sp³-hybridized carbons (Fsp3) is 0.308. The number of anilines is 2. The number of hydrogen-bond donors (Lipinski definition) is 0. The van der Waals surface area contributed by atoms with Crippen molar-refractivity contribution in [2.75, 3.05) is 32.2 Å². The van der Waals surface area contributed by atoms with E-state index in [0.717, 1.165) is 42.3 Å². The first-order chi connectivity index (χ1) is 15.7. The van der Waals surface area contributed by atoms with Crippen LogP contribution in [0.5, 0.6) is 5.75 Å². The molecule has 6 heteroatoms. The van der Waals surface area contributed by atoms with E-state index in [9.17, 15) is 4.79 Å². The first kappa shape index (κ1) is 21.8. The van der Waals surface area contributed by atoms with Crippen molar-refractivity contribution in [3.63, 3.8) is 0 Å². The fourth-order valence-electron chi connectivity index (χ4n) is 3.97. The summed E-state index contributed by atoms with van der Waals surface area (Å²) >= 11 is 0. The molecular weight excluding hydrogens is 402 g/mol. The second kappa shape index (κ2) is 10.3. The molecule has 1 aromatic heterocycles. The maximum absolute atomic E-state index is 13.5. The van der Waals surface area contributed by atoms with Crippen LogP contribution >= 0.6 is 0 Å². The Kier molecular flexibility index (Phi) is 7.02. The van der Waals surface area contributed by atoms with Crippen LogP contribution in [0.15, 0.2) is 72.9 Å². The van der Waals surface area contributed by atoms with Gasteiger partial charge in [-0.15, -0.1) is 0 Å². The summed E-state index contributed by atoms with van der Waals surface area (Å²) in [6, 6.07) is 21.5. The Morgan fingerprint density at radius 3 is 2.56 bits per heavy atom. The topological polar surface area (TPSA) is 54.9 Å². The number of methoxy groups -OCH3 is 1. The van der Waals surface area contributed by atoms with Crippen molar-refractivity contribution in [1.29, 1.82) is 0 Å². The number of ether oxygens (including phenoxy) is 2. The second-order valence-corrected chi connectivity index (χ2v) is 7.93. The Morgan fingerprint density at radius 2 is 1.88 bits per heavy atom. The number of pyridine rings is 1. The molecule has 2 aromatic carbocycles. The Bertz CT molecular complexity index is 1020. The summed E-state index contributed by atoms with van der Waals surface area (Å²) in [4.78, 5) is 21.8. The third-order valence-electron chi connectivity index (χ3n) is 5.77. The quantitative estimate of drug-likeness (QED) is 0.518. The lowest BCUT2D eigenvalue weighted by atomic mass is 10.1. The molecule has 0 N–H and O–H groups in total. The molecule has 0 spiro atoms. The Hall–Kier alpha value is -3.38. The minimum Gasteiger partial charge on any atom is -0.496 e. The smallest absolute Gasteiger partial charge is 0.255 e. The highest BCUT2D eigenvalue weighted by atomic mass is 16.5. The first-order valence-electron chi connectivity index (χ1n) is 10.9. The van der Waals surface area contributed by atoms with Gasteiger partial charge >= 0.3 is 0 Å². The molecule has 1 aliphatic heterocycles. The van der Waals surface area contributed by atoms with E-state index in [1.165, 1.54) is 0 Å². The molecule has 1 amide bonds. The Morgan fingerprint density at radius 1 is 1.09 bits per heavy atom. The van der Waals surface area contributed by atoms with Gasteiger partial charge in [0.05, 0.1) is 18.8 Å². The highest BCUT2D eigenvalue weighted by Crippen LogP contribution is 2.24. The molecule has 0 radical (unpaired) electrons. The van der Waals surface area contributed by atoms with Gasteiger partial charge in [-0.3, -0.25) is 4.79 Å². The van der Waals surface area contributed by atoms with Gasteiger partial charge in [0.2, 0.25) is 0 Å². The molecule has 0 aliphatic carbocycles. The zero-order valence-electron chi connectivity index (χ0n) is 18.6. The summed E-state index contributed by atoms with van der Waals surface area (Å²) in [6.07, 6.45) is 3.71. The molecular formula is C26H29N3O3. The molecule has 32 heavy (non-hydrogen) atoms. The van der Waals surface area contributed by atoms with Gasteiger partial charge in [0.15, 0.2) is 0 Å². The zero-order chi connectivity index (χ0) is 22.3. The van der Waals surface area contributed by atoms with Crippen LogP contribution in [0.1, 0.15) is 28.8 Å². The van der Waals surface area contributed by atoms with Crippen LogP contribution in [0.25, 0.3) is 0 Å². The summed E-state index contributed by atoms with van der Waals surface area (Å²) in [5, 5.41) is 0. The van der Waals surface area contributed by atoms with Gasteiger partial charge in [0.25, 0.3) is 5.91 Å². The van der Waals surface area contributed by atoms with Crippen LogP contribution in [0.2, 0.25) is 0 Å². The van der Waals surface area contributed by atoms with Crippen LogP contribution in [0.4, 0.5) is 11.5 Å². The number of para-hydroxylation sites is 2. The SMILES string of the molecule is COc1ccccc1CN(CC1CCCO1)C(=O)c1ccc(N(C)c2ccccc2)nc1. The van der Waals surface area contributed by atoms with Crippen molar-refractivity contribution in [2.24, 2.45) is 0 Å². The normalized spacial score (nSPS) is 15.4. The number of aromatic nitrogens is 1. The summed E-state index contributed by atoms with van der Waals surface area (Å²) in [5.74, 6) is 1.49. The maximum atomic E-state index is 13.5. The number of carbonyl (C=O) groups excluding carboxylic acids is 1. The average Bonchev–Trinajstić information content (AvgIpc) is 3.37. The van der Waals surface area contributed by atoms with E-state index >= 15 is 0 Å². The molecule has 0 saturated carbocycles. The first-order valence-corrected chi connectivity index (χ1v) is 10.9. The van der Waals surface area contributed by atoms with E-state index in [4.69, 9.17) is 9.47 Å². The van der Waals surface area contributed by atoms with Gasteiger partial charge in [-0.1, -0.05) is 36.4 Å². The summed E-state index contributed by atoms with van der Waals surface area (Å²) in [7, 11) is 3.61. The average molecular weight is 432 g/mol. The minimum atomic E-state index is -0.0622. The summed E-state index contributed by atoms with van der Waals surface area (Å²) in [6.45, 7) is 1.75. The van der Waals surface area contributed by atoms with Gasteiger partial charge in [0.1, 0.15) is 11.6 Å². The monoisotopic (exact) mass is 431 g/mol. The molecule has 3 aromatic rings. The molecule has 4 rings (SSSR count). The third-order valence-corrected chi connectivity index (χ3v) is 5.77. The predicted octanol–water partition coefficient (Wildman–Crippen LogP) is 4.68. The highest BCUT2D eigenvalue weighted by Gasteiger charge is 2.25. The van der Waals surface area contributed by atoms with E-state index in [1.54, 1.807) is 13.3 Å². The lowest BCUT2D eigenvalue weighted by molar-refractivity contribution is 0.0505. The highest BCUT2D eigenvalue weighted by molar-refractivity contribution is 5.94. The van der Waals surface area contributed by atoms with Gasteiger partial charge in [-0.05, 0) is 43.2 Å². The predicted molar refractivity (Wildman–Crippen MR) is 125 cm³/mol.